The molecule has 1 amide bonds. The molecule has 1 aromatic heterocycles. The van der Waals surface area contributed by atoms with Crippen LogP contribution in [0.3, 0.4) is 0 Å². The van der Waals surface area contributed by atoms with E-state index in [0.29, 0.717) is 28.4 Å². The van der Waals surface area contributed by atoms with E-state index in [1.165, 1.54) is 7.05 Å². The van der Waals surface area contributed by atoms with Gasteiger partial charge in [0.25, 0.3) is 5.91 Å². The van der Waals surface area contributed by atoms with Gasteiger partial charge in [0.15, 0.2) is 5.84 Å². The molecule has 5 rings (SSSR count). The molecule has 1 aliphatic heterocycles. The number of rotatable bonds is 5. The molecule has 0 saturated carbocycles. The molecule has 0 saturated heterocycles. The molecule has 1 aliphatic rings. The lowest BCUT2D eigenvalue weighted by Crippen LogP contribution is -2.32. The van der Waals surface area contributed by atoms with Gasteiger partial charge in [-0.3, -0.25) is 4.79 Å². The molecule has 0 radical (unpaired) electrons. The van der Waals surface area contributed by atoms with Gasteiger partial charge < -0.3 is 20.9 Å². The van der Waals surface area contributed by atoms with Crippen LogP contribution < -0.4 is 16.5 Å². The largest absolute Gasteiger partial charge is 0.403 e. The molecular formula is C25H21N9O2. The monoisotopic (exact) mass is 479 g/mol. The highest BCUT2D eigenvalue weighted by Crippen LogP contribution is 2.26. The number of amides is 1. The second-order valence-corrected chi connectivity index (χ2v) is 7.67. The SMILES string of the molecule is CN=NC(=NN)c1ccc(-c2nnc(NC3N=C(c4ccccc4)c4ccccc4NC3=O)o2)cc1. The smallest absolute Gasteiger partial charge is 0.317 e. The summed E-state index contributed by atoms with van der Waals surface area (Å²) < 4.78 is 5.77. The third-order valence-electron chi connectivity index (χ3n) is 5.39. The number of amidine groups is 1. The number of carbonyl (C=O) groups is 1. The molecule has 1 unspecified atom stereocenters. The maximum Gasteiger partial charge on any atom is 0.317 e. The van der Waals surface area contributed by atoms with Crippen molar-refractivity contribution in [3.8, 4) is 11.5 Å². The number of nitrogens with zero attached hydrogens (tertiary/aromatic N) is 6. The Labute approximate surface area is 205 Å². The second kappa shape index (κ2) is 9.97. The lowest BCUT2D eigenvalue weighted by Gasteiger charge is -2.11. The molecule has 4 aromatic rings. The van der Waals surface area contributed by atoms with Gasteiger partial charge in [0, 0.05) is 29.3 Å². The van der Waals surface area contributed by atoms with Crippen molar-refractivity contribution in [1.82, 2.24) is 10.2 Å². The van der Waals surface area contributed by atoms with Crippen molar-refractivity contribution < 1.29 is 9.21 Å². The fraction of sp³-hybridized carbons (Fsp3) is 0.0800. The van der Waals surface area contributed by atoms with Crippen molar-refractivity contribution in [2.45, 2.75) is 6.17 Å². The summed E-state index contributed by atoms with van der Waals surface area (Å²) in [6, 6.07) is 24.3. The standard InChI is InChI=1S/C25H21N9O2/c1-27-32-21(31-26)16-11-13-17(14-12-16)24-33-34-25(36-24)30-22-23(35)28-19-10-6-5-9-18(19)20(29-22)15-7-3-2-4-8-15/h2-14,22H,26H2,1H3,(H,28,35)(H,30,34). The van der Waals surface area contributed by atoms with E-state index in [0.717, 1.165) is 11.1 Å². The van der Waals surface area contributed by atoms with E-state index in [1.807, 2.05) is 54.6 Å². The molecule has 11 heteroatoms. The van der Waals surface area contributed by atoms with Crippen molar-refractivity contribution >= 4 is 29.2 Å². The number of nitrogens with one attached hydrogen (secondary N) is 2. The zero-order valence-corrected chi connectivity index (χ0v) is 19.2. The molecular weight excluding hydrogens is 458 g/mol. The van der Waals surface area contributed by atoms with Crippen molar-refractivity contribution in [1.29, 1.82) is 0 Å². The zero-order chi connectivity index (χ0) is 24.9. The van der Waals surface area contributed by atoms with Gasteiger partial charge in [-0.1, -0.05) is 65.8 Å². The summed E-state index contributed by atoms with van der Waals surface area (Å²) in [5.74, 6) is 5.58. The molecule has 0 fully saturated rings. The number of fused-ring (bicyclic) bond motifs is 1. The summed E-state index contributed by atoms with van der Waals surface area (Å²) in [5.41, 5.74) is 4.37. The van der Waals surface area contributed by atoms with Crippen LogP contribution in [0.5, 0.6) is 0 Å². The third kappa shape index (κ3) is 4.57. The first-order chi connectivity index (χ1) is 17.7. The van der Waals surface area contributed by atoms with Crippen LogP contribution in [-0.4, -0.2) is 40.9 Å². The minimum atomic E-state index is -0.994. The van der Waals surface area contributed by atoms with Crippen molar-refractivity contribution in [2.75, 3.05) is 17.7 Å². The summed E-state index contributed by atoms with van der Waals surface area (Å²) in [4.78, 5) is 17.7. The molecule has 36 heavy (non-hydrogen) atoms. The molecule has 4 N–H and O–H groups in total. The number of hydrazone groups is 1. The summed E-state index contributed by atoms with van der Waals surface area (Å²) >= 11 is 0. The van der Waals surface area contributed by atoms with Crippen LogP contribution in [0, 0.1) is 0 Å². The number of benzodiazepines with no additional fused rings is 1. The molecule has 0 aliphatic carbocycles. The van der Waals surface area contributed by atoms with Gasteiger partial charge in [-0.15, -0.1) is 10.2 Å². The van der Waals surface area contributed by atoms with E-state index in [1.54, 1.807) is 24.3 Å². The van der Waals surface area contributed by atoms with Gasteiger partial charge in [0.2, 0.25) is 12.1 Å². The summed E-state index contributed by atoms with van der Waals surface area (Å²) in [6.07, 6.45) is -0.994. The number of benzene rings is 3. The normalized spacial score (nSPS) is 15.7. The van der Waals surface area contributed by atoms with Gasteiger partial charge in [0.1, 0.15) is 0 Å². The number of para-hydroxylation sites is 1. The molecule has 3 aromatic carbocycles. The van der Waals surface area contributed by atoms with Crippen LogP contribution >= 0.6 is 0 Å². The van der Waals surface area contributed by atoms with Gasteiger partial charge in [-0.2, -0.15) is 10.2 Å². The molecule has 178 valence electrons. The Hall–Kier alpha value is -5.19. The van der Waals surface area contributed by atoms with Crippen LogP contribution in [0.2, 0.25) is 0 Å². The van der Waals surface area contributed by atoms with Crippen molar-refractivity contribution in [2.24, 2.45) is 26.2 Å². The Balaban J connectivity index is 1.42. The first-order valence-electron chi connectivity index (χ1n) is 11.0. The fourth-order valence-electron chi connectivity index (χ4n) is 3.71. The average molecular weight is 480 g/mol. The van der Waals surface area contributed by atoms with E-state index in [4.69, 9.17) is 15.3 Å². The number of nitrogens with two attached hydrogens (primary N) is 1. The van der Waals surface area contributed by atoms with Crippen LogP contribution in [0.4, 0.5) is 11.7 Å². The molecule has 11 nitrogen and oxygen atoms in total. The van der Waals surface area contributed by atoms with E-state index in [9.17, 15) is 4.79 Å². The maximum absolute atomic E-state index is 13.0. The van der Waals surface area contributed by atoms with Crippen LogP contribution in [0.15, 0.2) is 104 Å². The van der Waals surface area contributed by atoms with Gasteiger partial charge >= 0.3 is 6.01 Å². The van der Waals surface area contributed by atoms with E-state index in [2.05, 4.69) is 36.2 Å². The number of hydrogen-bond acceptors (Lipinski definition) is 9. The summed E-state index contributed by atoms with van der Waals surface area (Å²) in [7, 11) is 1.53. The minimum Gasteiger partial charge on any atom is -0.403 e. The number of carbonyl (C=O) groups excluding carboxylic acids is 1. The first-order valence-corrected chi connectivity index (χ1v) is 11.0. The molecule has 0 bridgehead atoms. The predicted molar refractivity (Wildman–Crippen MR) is 136 cm³/mol. The minimum absolute atomic E-state index is 0.0559. The molecule has 1 atom stereocenters. The second-order valence-electron chi connectivity index (χ2n) is 7.67. The lowest BCUT2D eigenvalue weighted by atomic mass is 10.0. The Morgan fingerprint density at radius 1 is 0.972 bits per heavy atom. The van der Waals surface area contributed by atoms with E-state index in [-0.39, 0.29) is 17.8 Å². The quantitative estimate of drug-likeness (QED) is 0.130. The van der Waals surface area contributed by atoms with Crippen molar-refractivity contribution in [3.63, 3.8) is 0 Å². The Kier molecular flexibility index (Phi) is 6.26. The number of aliphatic imine (C=N–C) groups is 1. The highest BCUT2D eigenvalue weighted by atomic mass is 16.4. The Morgan fingerprint density at radius 3 is 2.47 bits per heavy atom. The van der Waals surface area contributed by atoms with Gasteiger partial charge in [-0.05, 0) is 18.2 Å². The Bertz CT molecular complexity index is 1470. The topological polar surface area (TPSA) is 156 Å². The van der Waals surface area contributed by atoms with Crippen LogP contribution in [-0.2, 0) is 4.79 Å². The number of aromatic nitrogens is 2. The van der Waals surface area contributed by atoms with Crippen molar-refractivity contribution in [3.05, 3.63) is 95.6 Å². The zero-order valence-electron chi connectivity index (χ0n) is 19.2. The number of anilines is 2. The molecule has 2 heterocycles. The highest BCUT2D eigenvalue weighted by Gasteiger charge is 2.27. The first kappa shape index (κ1) is 22.6. The fourth-order valence-corrected chi connectivity index (χ4v) is 3.71. The summed E-state index contributed by atoms with van der Waals surface area (Å²) in [6.45, 7) is 0. The number of hydrogen-bond donors (Lipinski definition) is 3. The predicted octanol–water partition coefficient (Wildman–Crippen LogP) is 3.67. The number of azo groups is 1. The van der Waals surface area contributed by atoms with Crippen LogP contribution in [0.25, 0.3) is 11.5 Å². The summed E-state index contributed by atoms with van der Waals surface area (Å²) in [5, 5.41) is 25.2. The Morgan fingerprint density at radius 2 is 1.72 bits per heavy atom. The average Bonchev–Trinajstić information content (AvgIpc) is 3.34. The van der Waals surface area contributed by atoms with Crippen LogP contribution in [0.1, 0.15) is 16.7 Å². The van der Waals surface area contributed by atoms with E-state index >= 15 is 0 Å². The molecule has 0 spiro atoms. The van der Waals surface area contributed by atoms with Gasteiger partial charge in [-0.25, -0.2) is 4.99 Å². The highest BCUT2D eigenvalue weighted by molar-refractivity contribution is 6.19. The third-order valence-corrected chi connectivity index (χ3v) is 5.39. The van der Waals surface area contributed by atoms with E-state index < -0.39 is 6.17 Å². The van der Waals surface area contributed by atoms with Gasteiger partial charge in [0.05, 0.1) is 11.4 Å². The maximum atomic E-state index is 13.0. The lowest BCUT2D eigenvalue weighted by molar-refractivity contribution is -0.116.